The van der Waals surface area contributed by atoms with Crippen molar-refractivity contribution in [2.75, 3.05) is 0 Å². The quantitative estimate of drug-likeness (QED) is 0.398. The Hall–Kier alpha value is -2.78. The van der Waals surface area contributed by atoms with Crippen LogP contribution in [0.25, 0.3) is 0 Å². The van der Waals surface area contributed by atoms with E-state index < -0.39 is 5.97 Å². The Kier molecular flexibility index (Phi) is 5.82. The van der Waals surface area contributed by atoms with Gasteiger partial charge in [0.2, 0.25) is 0 Å². The molecule has 4 heteroatoms. The first kappa shape index (κ1) is 19.0. The highest BCUT2D eigenvalue weighted by Crippen LogP contribution is 2.26. The van der Waals surface area contributed by atoms with E-state index in [4.69, 9.17) is 21.1 Å². The Morgan fingerprint density at radius 2 is 1.56 bits per heavy atom. The number of carbonyl (C=O) groups is 1. The van der Waals surface area contributed by atoms with Gasteiger partial charge < -0.3 is 9.47 Å². The first-order valence-corrected chi connectivity index (χ1v) is 9.07. The highest BCUT2D eigenvalue weighted by molar-refractivity contribution is 6.32. The van der Waals surface area contributed by atoms with E-state index >= 15 is 0 Å². The van der Waals surface area contributed by atoms with Gasteiger partial charge in [-0.2, -0.15) is 0 Å². The van der Waals surface area contributed by atoms with Crippen LogP contribution in [-0.4, -0.2) is 5.97 Å². The van der Waals surface area contributed by atoms with Crippen LogP contribution in [0.5, 0.6) is 11.5 Å². The standard InChI is InChI=1S/C23H21ClO3/c1-15-5-4-6-20(11-15)26-14-18-7-9-19(10-8-18)23(25)27-21-12-16(2)22(24)17(3)13-21/h4-13H,14H2,1-3H3. The van der Waals surface area contributed by atoms with Crippen LogP contribution in [0.15, 0.2) is 60.7 Å². The predicted octanol–water partition coefficient (Wildman–Crippen LogP) is 6.06. The molecule has 0 radical (unpaired) electrons. The summed E-state index contributed by atoms with van der Waals surface area (Å²) in [6.07, 6.45) is 0. The third kappa shape index (κ3) is 4.89. The summed E-state index contributed by atoms with van der Waals surface area (Å²) in [5.74, 6) is 0.917. The summed E-state index contributed by atoms with van der Waals surface area (Å²) in [6, 6.07) is 18.6. The van der Waals surface area contributed by atoms with Gasteiger partial charge in [-0.25, -0.2) is 4.79 Å². The van der Waals surface area contributed by atoms with Gasteiger partial charge in [-0.15, -0.1) is 0 Å². The highest BCUT2D eigenvalue weighted by atomic mass is 35.5. The van der Waals surface area contributed by atoms with Gasteiger partial charge in [0.15, 0.2) is 0 Å². The molecule has 138 valence electrons. The summed E-state index contributed by atoms with van der Waals surface area (Å²) in [4.78, 5) is 12.4. The molecular formula is C23H21ClO3. The molecule has 27 heavy (non-hydrogen) atoms. The fourth-order valence-electron chi connectivity index (χ4n) is 2.74. The molecule has 0 aliphatic carbocycles. The molecule has 0 fully saturated rings. The summed E-state index contributed by atoms with van der Waals surface area (Å²) in [6.45, 7) is 6.23. The van der Waals surface area contributed by atoms with Crippen LogP contribution in [0.1, 0.15) is 32.6 Å². The lowest BCUT2D eigenvalue weighted by atomic mass is 10.1. The number of esters is 1. The molecule has 0 amide bonds. The summed E-state index contributed by atoms with van der Waals surface area (Å²) in [5, 5.41) is 0.688. The Morgan fingerprint density at radius 3 is 2.19 bits per heavy atom. The summed E-state index contributed by atoms with van der Waals surface area (Å²) in [7, 11) is 0. The van der Waals surface area contributed by atoms with Gasteiger partial charge >= 0.3 is 5.97 Å². The zero-order chi connectivity index (χ0) is 19.4. The molecule has 0 aliphatic rings. The van der Waals surface area contributed by atoms with Crippen LogP contribution in [0.4, 0.5) is 0 Å². The molecule has 3 rings (SSSR count). The molecule has 0 heterocycles. The third-order valence-corrected chi connectivity index (χ3v) is 4.80. The lowest BCUT2D eigenvalue weighted by molar-refractivity contribution is 0.0734. The van der Waals surface area contributed by atoms with E-state index in [2.05, 4.69) is 0 Å². The van der Waals surface area contributed by atoms with Gasteiger partial charge in [0, 0.05) is 5.02 Å². The van der Waals surface area contributed by atoms with Gasteiger partial charge in [-0.3, -0.25) is 0 Å². The van der Waals surface area contributed by atoms with Crippen LogP contribution >= 0.6 is 11.6 Å². The van der Waals surface area contributed by atoms with Crippen LogP contribution in [0.3, 0.4) is 0 Å². The van der Waals surface area contributed by atoms with Gasteiger partial charge in [0.25, 0.3) is 0 Å². The van der Waals surface area contributed by atoms with E-state index in [0.29, 0.717) is 22.9 Å². The number of benzene rings is 3. The van der Waals surface area contributed by atoms with Crippen molar-refractivity contribution in [1.29, 1.82) is 0 Å². The molecule has 0 saturated heterocycles. The molecule has 0 aliphatic heterocycles. The Morgan fingerprint density at radius 1 is 0.889 bits per heavy atom. The maximum absolute atomic E-state index is 12.4. The molecule has 0 spiro atoms. The lowest BCUT2D eigenvalue weighted by Crippen LogP contribution is -2.09. The number of halogens is 1. The maximum Gasteiger partial charge on any atom is 0.343 e. The molecule has 3 aromatic carbocycles. The third-order valence-electron chi connectivity index (χ3n) is 4.21. The summed E-state index contributed by atoms with van der Waals surface area (Å²) < 4.78 is 11.2. The van der Waals surface area contributed by atoms with E-state index in [-0.39, 0.29) is 0 Å². The SMILES string of the molecule is Cc1cccc(OCc2ccc(C(=O)Oc3cc(C)c(Cl)c(C)c3)cc2)c1. The minimum Gasteiger partial charge on any atom is -0.489 e. The Balaban J connectivity index is 1.63. The minimum absolute atomic E-state index is 0.401. The van der Waals surface area contributed by atoms with Crippen molar-refractivity contribution in [2.45, 2.75) is 27.4 Å². The topological polar surface area (TPSA) is 35.5 Å². The number of ether oxygens (including phenoxy) is 2. The molecule has 3 nitrogen and oxygen atoms in total. The molecule has 0 saturated carbocycles. The van der Waals surface area contributed by atoms with Crippen molar-refractivity contribution >= 4 is 17.6 Å². The minimum atomic E-state index is -0.401. The van der Waals surface area contributed by atoms with Gasteiger partial charge in [0.1, 0.15) is 18.1 Å². The van der Waals surface area contributed by atoms with Crippen LogP contribution in [0.2, 0.25) is 5.02 Å². The lowest BCUT2D eigenvalue weighted by Gasteiger charge is -2.10. The first-order valence-electron chi connectivity index (χ1n) is 8.70. The van der Waals surface area contributed by atoms with Crippen molar-refractivity contribution in [3.8, 4) is 11.5 Å². The zero-order valence-electron chi connectivity index (χ0n) is 15.6. The molecular weight excluding hydrogens is 360 g/mol. The van der Waals surface area contributed by atoms with Crippen LogP contribution in [0, 0.1) is 20.8 Å². The fraction of sp³-hybridized carbons (Fsp3) is 0.174. The number of rotatable bonds is 5. The molecule has 3 aromatic rings. The molecule has 0 aromatic heterocycles. The van der Waals surface area contributed by atoms with Gasteiger partial charge in [0.05, 0.1) is 5.56 Å². The second-order valence-electron chi connectivity index (χ2n) is 6.56. The van der Waals surface area contributed by atoms with Crippen molar-refractivity contribution in [3.05, 3.63) is 93.5 Å². The van der Waals surface area contributed by atoms with E-state index in [0.717, 1.165) is 28.0 Å². The second-order valence-corrected chi connectivity index (χ2v) is 6.94. The molecule has 0 bridgehead atoms. The predicted molar refractivity (Wildman–Crippen MR) is 108 cm³/mol. The van der Waals surface area contributed by atoms with Crippen LogP contribution in [-0.2, 0) is 6.61 Å². The van der Waals surface area contributed by atoms with E-state index in [1.165, 1.54) is 0 Å². The highest BCUT2D eigenvalue weighted by Gasteiger charge is 2.11. The van der Waals surface area contributed by atoms with E-state index in [1.807, 2.05) is 57.2 Å². The van der Waals surface area contributed by atoms with Gasteiger partial charge in [-0.1, -0.05) is 35.9 Å². The average Bonchev–Trinajstić information content (AvgIpc) is 2.65. The summed E-state index contributed by atoms with van der Waals surface area (Å²) in [5.41, 5.74) is 4.37. The first-order chi connectivity index (χ1) is 12.9. The number of hydrogen-bond donors (Lipinski definition) is 0. The van der Waals surface area contributed by atoms with Crippen molar-refractivity contribution in [2.24, 2.45) is 0 Å². The van der Waals surface area contributed by atoms with E-state index in [1.54, 1.807) is 24.3 Å². The monoisotopic (exact) mass is 380 g/mol. The van der Waals surface area contributed by atoms with Crippen molar-refractivity contribution in [1.82, 2.24) is 0 Å². The number of aryl methyl sites for hydroxylation is 3. The van der Waals surface area contributed by atoms with Crippen molar-refractivity contribution < 1.29 is 14.3 Å². The Labute approximate surface area is 164 Å². The largest absolute Gasteiger partial charge is 0.489 e. The Bertz CT molecular complexity index is 939. The maximum atomic E-state index is 12.4. The van der Waals surface area contributed by atoms with E-state index in [9.17, 15) is 4.79 Å². The zero-order valence-corrected chi connectivity index (χ0v) is 16.3. The summed E-state index contributed by atoms with van der Waals surface area (Å²) >= 11 is 6.15. The second kappa shape index (κ2) is 8.28. The van der Waals surface area contributed by atoms with Crippen LogP contribution < -0.4 is 9.47 Å². The average molecular weight is 381 g/mol. The van der Waals surface area contributed by atoms with Gasteiger partial charge in [-0.05, 0) is 79.4 Å². The molecule has 0 atom stereocenters. The number of hydrogen-bond acceptors (Lipinski definition) is 3. The molecule has 0 unspecified atom stereocenters. The molecule has 0 N–H and O–H groups in total. The normalized spacial score (nSPS) is 10.5. The van der Waals surface area contributed by atoms with Crippen molar-refractivity contribution in [3.63, 3.8) is 0 Å². The number of carbonyl (C=O) groups excluding carboxylic acids is 1. The smallest absolute Gasteiger partial charge is 0.343 e. The fourth-order valence-corrected chi connectivity index (χ4v) is 2.85.